The highest BCUT2D eigenvalue weighted by Crippen LogP contribution is 2.16. The molecule has 0 bridgehead atoms. The summed E-state index contributed by atoms with van der Waals surface area (Å²) in [5.41, 5.74) is 0. The van der Waals surface area contributed by atoms with Crippen LogP contribution in [0.3, 0.4) is 0 Å². The van der Waals surface area contributed by atoms with Gasteiger partial charge in [0.15, 0.2) is 0 Å². The molecule has 0 aromatic heterocycles. The molecule has 2 atom stereocenters. The molecular weight excluding hydrogens is 202 g/mol. The zero-order valence-electron chi connectivity index (χ0n) is 10.3. The number of carbonyl (C=O) groups is 1. The number of piperidine rings is 1. The maximum atomic E-state index is 11.8. The van der Waals surface area contributed by atoms with E-state index in [4.69, 9.17) is 0 Å². The Morgan fingerprint density at radius 2 is 2.25 bits per heavy atom. The number of carbonyl (C=O) groups excluding carboxylic acids is 1. The van der Waals surface area contributed by atoms with E-state index in [1.807, 2.05) is 0 Å². The first kappa shape index (κ1) is 11.9. The Bertz CT molecular complexity index is 253. The number of nitrogens with one attached hydrogen (secondary N) is 2. The highest BCUT2D eigenvalue weighted by Gasteiger charge is 2.27. The maximum Gasteiger partial charge on any atom is 0.220 e. The van der Waals surface area contributed by atoms with Gasteiger partial charge in [-0.15, -0.1) is 0 Å². The minimum atomic E-state index is 0.243. The topological polar surface area (TPSA) is 44.4 Å². The summed E-state index contributed by atoms with van der Waals surface area (Å²) in [6.07, 6.45) is 1.79. The fraction of sp³-hybridized carbons (Fsp3) is 0.917. The van der Waals surface area contributed by atoms with Gasteiger partial charge in [-0.3, -0.25) is 4.79 Å². The number of amides is 1. The highest BCUT2D eigenvalue weighted by molar-refractivity contribution is 5.76. The van der Waals surface area contributed by atoms with Gasteiger partial charge in [0.05, 0.1) is 0 Å². The van der Waals surface area contributed by atoms with Crippen LogP contribution in [-0.4, -0.2) is 50.1 Å². The molecule has 16 heavy (non-hydrogen) atoms. The molecular formula is C12H23N3O. The van der Waals surface area contributed by atoms with Crippen molar-refractivity contribution in [1.29, 1.82) is 0 Å². The third kappa shape index (κ3) is 2.95. The van der Waals surface area contributed by atoms with E-state index in [2.05, 4.69) is 29.5 Å². The van der Waals surface area contributed by atoms with Crippen LogP contribution >= 0.6 is 0 Å². The van der Waals surface area contributed by atoms with Crippen molar-refractivity contribution < 1.29 is 4.79 Å². The van der Waals surface area contributed by atoms with Crippen LogP contribution in [0.25, 0.3) is 0 Å². The van der Waals surface area contributed by atoms with Gasteiger partial charge in [0.1, 0.15) is 0 Å². The lowest BCUT2D eigenvalue weighted by Gasteiger charge is -2.36. The lowest BCUT2D eigenvalue weighted by molar-refractivity contribution is -0.123. The fourth-order valence-corrected chi connectivity index (χ4v) is 2.59. The summed E-state index contributed by atoms with van der Waals surface area (Å²) in [6, 6.07) is 0.386. The van der Waals surface area contributed by atoms with Gasteiger partial charge in [-0.1, -0.05) is 6.92 Å². The summed E-state index contributed by atoms with van der Waals surface area (Å²) < 4.78 is 0. The molecule has 0 spiro atoms. The smallest absolute Gasteiger partial charge is 0.220 e. The van der Waals surface area contributed by atoms with Gasteiger partial charge >= 0.3 is 0 Å². The predicted octanol–water partition coefficient (Wildman–Crippen LogP) is 0.0523. The van der Waals surface area contributed by atoms with Gasteiger partial charge in [0.2, 0.25) is 5.91 Å². The second-order valence-electron chi connectivity index (χ2n) is 5.43. The molecule has 0 saturated carbocycles. The van der Waals surface area contributed by atoms with Crippen LogP contribution in [0.1, 0.15) is 19.8 Å². The molecule has 4 nitrogen and oxygen atoms in total. The molecule has 2 saturated heterocycles. The van der Waals surface area contributed by atoms with E-state index in [-0.39, 0.29) is 5.91 Å². The first-order valence-corrected chi connectivity index (χ1v) is 6.34. The van der Waals surface area contributed by atoms with E-state index in [9.17, 15) is 4.79 Å². The molecule has 0 aromatic carbocycles. The number of nitrogens with zero attached hydrogens (tertiary/aromatic N) is 1. The molecule has 2 fully saturated rings. The molecule has 2 unspecified atom stereocenters. The van der Waals surface area contributed by atoms with E-state index in [1.165, 1.54) is 0 Å². The van der Waals surface area contributed by atoms with E-state index < -0.39 is 0 Å². The minimum Gasteiger partial charge on any atom is -0.353 e. The van der Waals surface area contributed by atoms with Crippen LogP contribution in [0.4, 0.5) is 0 Å². The zero-order valence-corrected chi connectivity index (χ0v) is 10.3. The monoisotopic (exact) mass is 225 g/mol. The summed E-state index contributed by atoms with van der Waals surface area (Å²) >= 11 is 0. The van der Waals surface area contributed by atoms with Gasteiger partial charge in [0, 0.05) is 19.0 Å². The second-order valence-corrected chi connectivity index (χ2v) is 5.43. The molecule has 0 aromatic rings. The Kier molecular flexibility index (Phi) is 3.82. The van der Waals surface area contributed by atoms with Crippen LogP contribution < -0.4 is 10.6 Å². The molecule has 1 amide bonds. The SMILES string of the molecule is CC1CN(C)CCC1NC(=O)CC1CNC1. The molecule has 2 aliphatic rings. The third-order valence-corrected chi connectivity index (χ3v) is 3.79. The average Bonchev–Trinajstić information content (AvgIpc) is 2.16. The summed E-state index contributed by atoms with van der Waals surface area (Å²) in [7, 11) is 2.15. The van der Waals surface area contributed by atoms with Crippen molar-refractivity contribution in [2.24, 2.45) is 11.8 Å². The molecule has 92 valence electrons. The van der Waals surface area contributed by atoms with Crippen molar-refractivity contribution in [1.82, 2.24) is 15.5 Å². The van der Waals surface area contributed by atoms with Gasteiger partial charge in [-0.25, -0.2) is 0 Å². The summed E-state index contributed by atoms with van der Waals surface area (Å²) in [4.78, 5) is 14.1. The first-order valence-electron chi connectivity index (χ1n) is 6.34. The first-order chi connectivity index (χ1) is 7.65. The molecule has 2 aliphatic heterocycles. The normalized spacial score (nSPS) is 32.1. The van der Waals surface area contributed by atoms with Crippen molar-refractivity contribution in [2.45, 2.75) is 25.8 Å². The fourth-order valence-electron chi connectivity index (χ4n) is 2.59. The van der Waals surface area contributed by atoms with E-state index in [0.29, 0.717) is 24.3 Å². The number of hydrogen-bond donors (Lipinski definition) is 2. The van der Waals surface area contributed by atoms with Crippen LogP contribution in [0, 0.1) is 11.8 Å². The summed E-state index contributed by atoms with van der Waals surface area (Å²) in [6.45, 7) is 6.44. The molecule has 0 radical (unpaired) electrons. The van der Waals surface area contributed by atoms with E-state index in [1.54, 1.807) is 0 Å². The van der Waals surface area contributed by atoms with Crippen LogP contribution in [0.15, 0.2) is 0 Å². The van der Waals surface area contributed by atoms with E-state index in [0.717, 1.165) is 32.6 Å². The van der Waals surface area contributed by atoms with Gasteiger partial charge in [-0.05, 0) is 44.9 Å². The Hall–Kier alpha value is -0.610. The van der Waals surface area contributed by atoms with Crippen molar-refractivity contribution in [3.63, 3.8) is 0 Å². The molecule has 4 heteroatoms. The Morgan fingerprint density at radius 1 is 1.50 bits per heavy atom. The summed E-state index contributed by atoms with van der Waals surface area (Å²) in [5.74, 6) is 1.39. The standard InChI is InChI=1S/C12H23N3O/c1-9-8-15(2)4-3-11(9)14-12(16)5-10-6-13-7-10/h9-11,13H,3-8H2,1-2H3,(H,14,16). The molecule has 2 heterocycles. The van der Waals surface area contributed by atoms with E-state index >= 15 is 0 Å². The lowest BCUT2D eigenvalue weighted by Crippen LogP contribution is -2.50. The Morgan fingerprint density at radius 3 is 2.81 bits per heavy atom. The Balaban J connectivity index is 1.73. The Labute approximate surface area is 97.8 Å². The maximum absolute atomic E-state index is 11.8. The van der Waals surface area contributed by atoms with Crippen LogP contribution in [0.2, 0.25) is 0 Å². The zero-order chi connectivity index (χ0) is 11.5. The number of rotatable bonds is 3. The highest BCUT2D eigenvalue weighted by atomic mass is 16.1. The van der Waals surface area contributed by atoms with Gasteiger partial charge in [0.25, 0.3) is 0 Å². The molecule has 2 rings (SSSR count). The quantitative estimate of drug-likeness (QED) is 0.713. The third-order valence-electron chi connectivity index (χ3n) is 3.79. The van der Waals surface area contributed by atoms with Crippen molar-refractivity contribution in [2.75, 3.05) is 33.2 Å². The van der Waals surface area contributed by atoms with Crippen LogP contribution in [0.5, 0.6) is 0 Å². The van der Waals surface area contributed by atoms with Crippen LogP contribution in [-0.2, 0) is 4.79 Å². The lowest BCUT2D eigenvalue weighted by atomic mass is 9.93. The van der Waals surface area contributed by atoms with Crippen molar-refractivity contribution >= 4 is 5.91 Å². The minimum absolute atomic E-state index is 0.243. The average molecular weight is 225 g/mol. The van der Waals surface area contributed by atoms with Gasteiger partial charge < -0.3 is 15.5 Å². The second kappa shape index (κ2) is 5.15. The largest absolute Gasteiger partial charge is 0.353 e. The predicted molar refractivity (Wildman–Crippen MR) is 64.2 cm³/mol. The number of hydrogen-bond acceptors (Lipinski definition) is 3. The van der Waals surface area contributed by atoms with Crippen molar-refractivity contribution in [3.8, 4) is 0 Å². The number of likely N-dealkylation sites (tertiary alicyclic amines) is 1. The molecule has 0 aliphatic carbocycles. The van der Waals surface area contributed by atoms with Gasteiger partial charge in [-0.2, -0.15) is 0 Å². The van der Waals surface area contributed by atoms with Crippen molar-refractivity contribution in [3.05, 3.63) is 0 Å². The molecule has 2 N–H and O–H groups in total. The summed E-state index contributed by atoms with van der Waals surface area (Å²) in [5, 5.41) is 6.39.